The van der Waals surface area contributed by atoms with Crippen LogP contribution in [-0.4, -0.2) is 54.9 Å². The maximum atomic E-state index is 12.8. The predicted molar refractivity (Wildman–Crippen MR) is 96.7 cm³/mol. The van der Waals surface area contributed by atoms with Crippen LogP contribution in [0.3, 0.4) is 0 Å². The topological polar surface area (TPSA) is 49.9 Å². The van der Waals surface area contributed by atoms with Gasteiger partial charge in [-0.3, -0.25) is 9.59 Å². The standard InChI is InChI=1S/C20H28N2O3/c1-15(23)21-9-4-10-22(12-11-21)20(24)14-17-6-3-5-16-13-18(25-2)7-8-19(16)17/h7-8,13,17H,3-6,9-12,14H2,1-2H3/t17-/m0/s1. The molecule has 5 nitrogen and oxygen atoms in total. The number of ether oxygens (including phenoxy) is 1. The van der Waals surface area contributed by atoms with Crippen LogP contribution in [0.5, 0.6) is 5.75 Å². The third kappa shape index (κ3) is 4.14. The van der Waals surface area contributed by atoms with Crippen LogP contribution in [0, 0.1) is 0 Å². The highest BCUT2D eigenvalue weighted by Gasteiger charge is 2.26. The minimum absolute atomic E-state index is 0.101. The first-order chi connectivity index (χ1) is 12.1. The Hall–Kier alpha value is -2.04. The van der Waals surface area contributed by atoms with Gasteiger partial charge in [-0.25, -0.2) is 0 Å². The Balaban J connectivity index is 1.65. The van der Waals surface area contributed by atoms with Crippen molar-refractivity contribution in [2.75, 3.05) is 33.3 Å². The van der Waals surface area contributed by atoms with Gasteiger partial charge in [0.15, 0.2) is 0 Å². The number of amides is 2. The lowest BCUT2D eigenvalue weighted by Gasteiger charge is -2.28. The molecule has 136 valence electrons. The number of methoxy groups -OCH3 is 1. The smallest absolute Gasteiger partial charge is 0.223 e. The van der Waals surface area contributed by atoms with Crippen molar-refractivity contribution in [3.8, 4) is 5.75 Å². The van der Waals surface area contributed by atoms with Gasteiger partial charge in [-0.05, 0) is 54.9 Å². The normalized spacial score (nSPS) is 20.6. The third-order valence-corrected chi connectivity index (χ3v) is 5.50. The van der Waals surface area contributed by atoms with Crippen LogP contribution in [0.4, 0.5) is 0 Å². The van der Waals surface area contributed by atoms with Gasteiger partial charge in [0, 0.05) is 39.5 Å². The summed E-state index contributed by atoms with van der Waals surface area (Å²) in [7, 11) is 1.69. The fourth-order valence-electron chi connectivity index (χ4n) is 4.05. The lowest BCUT2D eigenvalue weighted by atomic mass is 9.80. The van der Waals surface area contributed by atoms with Gasteiger partial charge >= 0.3 is 0 Å². The fourth-order valence-corrected chi connectivity index (χ4v) is 4.05. The predicted octanol–water partition coefficient (Wildman–Crippen LogP) is 2.59. The van der Waals surface area contributed by atoms with E-state index in [-0.39, 0.29) is 11.8 Å². The van der Waals surface area contributed by atoms with Crippen LogP contribution in [0.1, 0.15) is 49.7 Å². The van der Waals surface area contributed by atoms with E-state index < -0.39 is 0 Å². The van der Waals surface area contributed by atoms with Crippen molar-refractivity contribution in [2.45, 2.75) is 44.9 Å². The zero-order chi connectivity index (χ0) is 17.8. The van der Waals surface area contributed by atoms with E-state index in [9.17, 15) is 9.59 Å². The monoisotopic (exact) mass is 344 g/mol. The minimum Gasteiger partial charge on any atom is -0.497 e. The molecule has 0 aromatic heterocycles. The van der Waals surface area contributed by atoms with E-state index in [0.717, 1.165) is 44.5 Å². The second kappa shape index (κ2) is 7.89. The zero-order valence-electron chi connectivity index (χ0n) is 15.3. The molecule has 0 bridgehead atoms. The van der Waals surface area contributed by atoms with Gasteiger partial charge in [-0.2, -0.15) is 0 Å². The molecule has 1 fully saturated rings. The van der Waals surface area contributed by atoms with Gasteiger partial charge in [-0.15, -0.1) is 0 Å². The summed E-state index contributed by atoms with van der Waals surface area (Å²) in [5, 5.41) is 0. The number of hydrogen-bond donors (Lipinski definition) is 0. The number of benzene rings is 1. The second-order valence-electron chi connectivity index (χ2n) is 7.10. The molecule has 0 saturated carbocycles. The van der Waals surface area contributed by atoms with Crippen LogP contribution in [0.2, 0.25) is 0 Å². The summed E-state index contributed by atoms with van der Waals surface area (Å²) in [4.78, 5) is 28.2. The van der Waals surface area contributed by atoms with Crippen molar-refractivity contribution >= 4 is 11.8 Å². The lowest BCUT2D eigenvalue weighted by Crippen LogP contribution is -2.37. The summed E-state index contributed by atoms with van der Waals surface area (Å²) in [6, 6.07) is 6.24. The summed E-state index contributed by atoms with van der Waals surface area (Å²) >= 11 is 0. The van der Waals surface area contributed by atoms with E-state index in [4.69, 9.17) is 4.74 Å². The molecular formula is C20H28N2O3. The molecule has 3 rings (SSSR count). The first-order valence-electron chi connectivity index (χ1n) is 9.28. The molecule has 0 unspecified atom stereocenters. The average molecular weight is 344 g/mol. The van der Waals surface area contributed by atoms with Crippen molar-refractivity contribution in [3.05, 3.63) is 29.3 Å². The average Bonchev–Trinajstić information content (AvgIpc) is 2.88. The van der Waals surface area contributed by atoms with E-state index in [1.807, 2.05) is 15.9 Å². The first-order valence-corrected chi connectivity index (χ1v) is 9.28. The molecule has 0 radical (unpaired) electrons. The van der Waals surface area contributed by atoms with Crippen LogP contribution in [-0.2, 0) is 16.0 Å². The third-order valence-electron chi connectivity index (χ3n) is 5.50. The SMILES string of the molecule is COc1ccc2c(c1)CCC[C@H]2CC(=O)N1CCCN(C(C)=O)CC1. The van der Waals surface area contributed by atoms with Crippen LogP contribution >= 0.6 is 0 Å². The largest absolute Gasteiger partial charge is 0.497 e. The maximum absolute atomic E-state index is 12.8. The summed E-state index contributed by atoms with van der Waals surface area (Å²) in [5.74, 6) is 1.51. The Kier molecular flexibility index (Phi) is 5.61. The van der Waals surface area contributed by atoms with Gasteiger partial charge in [0.1, 0.15) is 5.75 Å². The molecular weight excluding hydrogens is 316 g/mol. The summed E-state index contributed by atoms with van der Waals surface area (Å²) < 4.78 is 5.33. The lowest BCUT2D eigenvalue weighted by molar-refractivity contribution is -0.133. The molecule has 25 heavy (non-hydrogen) atoms. The highest BCUT2D eigenvalue weighted by atomic mass is 16.5. The number of carbonyl (C=O) groups excluding carboxylic acids is 2. The van der Waals surface area contributed by atoms with Crippen molar-refractivity contribution < 1.29 is 14.3 Å². The van der Waals surface area contributed by atoms with Crippen molar-refractivity contribution in [2.24, 2.45) is 0 Å². The Morgan fingerprint density at radius 3 is 2.64 bits per heavy atom. The number of hydrogen-bond acceptors (Lipinski definition) is 3. The second-order valence-corrected chi connectivity index (χ2v) is 7.10. The maximum Gasteiger partial charge on any atom is 0.223 e. The summed E-state index contributed by atoms with van der Waals surface area (Å²) in [6.07, 6.45) is 4.69. The Labute approximate surface area is 149 Å². The van der Waals surface area contributed by atoms with E-state index >= 15 is 0 Å². The fraction of sp³-hybridized carbons (Fsp3) is 0.600. The van der Waals surface area contributed by atoms with Crippen molar-refractivity contribution in [3.63, 3.8) is 0 Å². The van der Waals surface area contributed by atoms with Crippen LogP contribution < -0.4 is 4.74 Å². The van der Waals surface area contributed by atoms with Crippen molar-refractivity contribution in [1.82, 2.24) is 9.80 Å². The molecule has 1 aromatic carbocycles. The number of rotatable bonds is 3. The molecule has 1 aliphatic carbocycles. The van der Waals surface area contributed by atoms with Gasteiger partial charge in [0.25, 0.3) is 0 Å². The molecule has 2 amide bonds. The molecule has 1 saturated heterocycles. The highest BCUT2D eigenvalue weighted by molar-refractivity contribution is 5.78. The summed E-state index contributed by atoms with van der Waals surface area (Å²) in [6.45, 7) is 4.42. The van der Waals surface area contributed by atoms with Gasteiger partial charge in [-0.1, -0.05) is 6.07 Å². The molecule has 0 N–H and O–H groups in total. The van der Waals surface area contributed by atoms with Crippen molar-refractivity contribution in [1.29, 1.82) is 0 Å². The number of aryl methyl sites for hydroxylation is 1. The van der Waals surface area contributed by atoms with Gasteiger partial charge in [0.2, 0.25) is 11.8 Å². The van der Waals surface area contributed by atoms with Gasteiger partial charge in [0.05, 0.1) is 7.11 Å². The number of fused-ring (bicyclic) bond motifs is 1. The first kappa shape index (κ1) is 17.8. The van der Waals surface area contributed by atoms with E-state index in [0.29, 0.717) is 25.4 Å². The molecule has 5 heteroatoms. The zero-order valence-corrected chi connectivity index (χ0v) is 15.3. The quantitative estimate of drug-likeness (QED) is 0.847. The van der Waals surface area contributed by atoms with E-state index in [2.05, 4.69) is 12.1 Å². The van der Waals surface area contributed by atoms with Crippen LogP contribution in [0.15, 0.2) is 18.2 Å². The van der Waals surface area contributed by atoms with Gasteiger partial charge < -0.3 is 14.5 Å². The van der Waals surface area contributed by atoms with Crippen LogP contribution in [0.25, 0.3) is 0 Å². The molecule has 1 aliphatic heterocycles. The Bertz CT molecular complexity index is 644. The Morgan fingerprint density at radius 2 is 1.88 bits per heavy atom. The highest BCUT2D eigenvalue weighted by Crippen LogP contribution is 2.36. The summed E-state index contributed by atoms with van der Waals surface area (Å²) in [5.41, 5.74) is 2.63. The van der Waals surface area contributed by atoms with E-state index in [1.165, 1.54) is 11.1 Å². The Morgan fingerprint density at radius 1 is 1.12 bits per heavy atom. The molecule has 1 atom stereocenters. The molecule has 1 aromatic rings. The minimum atomic E-state index is 0.101. The molecule has 0 spiro atoms. The van der Waals surface area contributed by atoms with E-state index in [1.54, 1.807) is 14.0 Å². The molecule has 2 aliphatic rings. The number of nitrogens with zero attached hydrogens (tertiary/aromatic N) is 2. The molecule has 1 heterocycles. The number of carbonyl (C=O) groups is 2.